The maximum Gasteiger partial charge on any atom is 0.355 e. The first-order chi connectivity index (χ1) is 20.3. The number of benzene rings is 1. The molecule has 0 saturated carbocycles. The van der Waals surface area contributed by atoms with Crippen LogP contribution in [0, 0.1) is 5.82 Å². The number of nitrogens with zero attached hydrogens (tertiary/aromatic N) is 6. The number of carbonyl (C=O) groups is 1. The summed E-state index contributed by atoms with van der Waals surface area (Å²) in [5.74, 6) is -0.927. The van der Waals surface area contributed by atoms with Crippen LogP contribution in [0.3, 0.4) is 0 Å². The molecule has 0 bridgehead atoms. The van der Waals surface area contributed by atoms with Crippen LogP contribution in [0.4, 0.5) is 16.0 Å². The minimum absolute atomic E-state index is 0.00412. The zero-order valence-corrected chi connectivity index (χ0v) is 25.1. The van der Waals surface area contributed by atoms with Crippen molar-refractivity contribution in [2.75, 3.05) is 36.5 Å². The summed E-state index contributed by atoms with van der Waals surface area (Å²) in [4.78, 5) is 42.8. The molecule has 5 rings (SSSR count). The Kier molecular flexibility index (Phi) is 7.78. The van der Waals surface area contributed by atoms with Gasteiger partial charge in [-0.25, -0.2) is 32.1 Å². The number of hydrogen-bond acceptors (Lipinski definition) is 9. The number of rotatable bonds is 6. The van der Waals surface area contributed by atoms with Gasteiger partial charge in [-0.05, 0) is 48.7 Å². The van der Waals surface area contributed by atoms with Crippen molar-refractivity contribution in [2.24, 2.45) is 0 Å². The Morgan fingerprint density at radius 3 is 2.56 bits per heavy atom. The van der Waals surface area contributed by atoms with Crippen LogP contribution in [0.1, 0.15) is 32.3 Å². The molecule has 43 heavy (non-hydrogen) atoms. The van der Waals surface area contributed by atoms with E-state index in [9.17, 15) is 18.0 Å². The van der Waals surface area contributed by atoms with Crippen molar-refractivity contribution in [1.82, 2.24) is 24.4 Å². The van der Waals surface area contributed by atoms with Crippen molar-refractivity contribution >= 4 is 38.4 Å². The van der Waals surface area contributed by atoms with Crippen LogP contribution >= 0.6 is 0 Å². The Morgan fingerprint density at radius 2 is 1.93 bits per heavy atom. The number of hydrogen-bond donors (Lipinski definition) is 1. The molecule has 1 aliphatic rings. The van der Waals surface area contributed by atoms with Gasteiger partial charge in [0.05, 0.1) is 16.0 Å². The lowest BCUT2D eigenvalue weighted by atomic mass is 10.0. The third-order valence-corrected chi connectivity index (χ3v) is 8.68. The molecule has 0 unspecified atom stereocenters. The summed E-state index contributed by atoms with van der Waals surface area (Å²) in [6.45, 7) is 10.1. The van der Waals surface area contributed by atoms with Gasteiger partial charge in [0.15, 0.2) is 21.3 Å². The van der Waals surface area contributed by atoms with Crippen LogP contribution in [0.2, 0.25) is 0 Å². The van der Waals surface area contributed by atoms with E-state index in [1.54, 1.807) is 29.2 Å². The van der Waals surface area contributed by atoms with E-state index in [1.807, 2.05) is 25.7 Å². The third-order valence-electron chi connectivity index (χ3n) is 7.56. The fourth-order valence-corrected chi connectivity index (χ4v) is 6.36. The number of para-hydroxylation sites is 1. The fourth-order valence-electron chi connectivity index (χ4n) is 5.48. The van der Waals surface area contributed by atoms with Crippen molar-refractivity contribution < 1.29 is 17.6 Å². The number of piperazine rings is 1. The van der Waals surface area contributed by atoms with Crippen LogP contribution in [-0.2, 0) is 14.6 Å². The molecule has 2 N–H and O–H groups in total. The summed E-state index contributed by atoms with van der Waals surface area (Å²) >= 11 is 0. The molecule has 4 heterocycles. The zero-order valence-electron chi connectivity index (χ0n) is 24.3. The Balaban J connectivity index is 1.88. The van der Waals surface area contributed by atoms with Gasteiger partial charge in [0, 0.05) is 43.7 Å². The van der Waals surface area contributed by atoms with Gasteiger partial charge in [0.25, 0.3) is 0 Å². The molecule has 1 saturated heterocycles. The lowest BCUT2D eigenvalue weighted by Gasteiger charge is -2.40. The topological polar surface area (TPSA) is 144 Å². The van der Waals surface area contributed by atoms with Crippen molar-refractivity contribution in [3.63, 3.8) is 0 Å². The highest BCUT2D eigenvalue weighted by atomic mass is 32.2. The quantitative estimate of drug-likeness (QED) is 0.327. The molecule has 0 spiro atoms. The van der Waals surface area contributed by atoms with Crippen LogP contribution in [0.25, 0.3) is 28.0 Å². The molecule has 4 aromatic rings. The summed E-state index contributed by atoms with van der Waals surface area (Å²) < 4.78 is 43.1. The molecule has 13 heteroatoms. The molecule has 0 aliphatic carbocycles. The van der Waals surface area contributed by atoms with Gasteiger partial charge in [-0.1, -0.05) is 32.6 Å². The largest absolute Gasteiger partial charge is 0.383 e. The Bertz CT molecular complexity index is 1940. The first-order valence-electron chi connectivity index (χ1n) is 13.7. The summed E-state index contributed by atoms with van der Waals surface area (Å²) in [5, 5.41) is 0.191. The number of carbonyl (C=O) groups excluding carboxylic acids is 1. The van der Waals surface area contributed by atoms with E-state index in [2.05, 4.69) is 21.5 Å². The molecule has 0 radical (unpaired) electrons. The van der Waals surface area contributed by atoms with E-state index in [0.717, 1.165) is 10.8 Å². The van der Waals surface area contributed by atoms with Crippen molar-refractivity contribution in [1.29, 1.82) is 0 Å². The number of fused-ring (bicyclic) bond motifs is 1. The average Bonchev–Trinajstić information content (AvgIpc) is 2.96. The van der Waals surface area contributed by atoms with Crippen molar-refractivity contribution in [3.05, 3.63) is 77.1 Å². The fraction of sp³-hybridized carbons (Fsp3) is 0.300. The predicted molar refractivity (Wildman–Crippen MR) is 164 cm³/mol. The number of sulfone groups is 1. The van der Waals surface area contributed by atoms with Gasteiger partial charge in [-0.3, -0.25) is 4.79 Å². The lowest BCUT2D eigenvalue weighted by molar-refractivity contribution is -0.126. The van der Waals surface area contributed by atoms with E-state index in [-0.39, 0.29) is 62.4 Å². The highest BCUT2D eigenvalue weighted by Gasteiger charge is 2.31. The van der Waals surface area contributed by atoms with E-state index < -0.39 is 21.3 Å². The second-order valence-corrected chi connectivity index (χ2v) is 12.8. The molecule has 1 aromatic carbocycles. The van der Waals surface area contributed by atoms with E-state index in [1.165, 1.54) is 24.4 Å². The van der Waals surface area contributed by atoms with Crippen molar-refractivity contribution in [3.8, 4) is 16.9 Å². The minimum atomic E-state index is -3.83. The summed E-state index contributed by atoms with van der Waals surface area (Å²) in [5.41, 5.74) is 6.03. The van der Waals surface area contributed by atoms with Gasteiger partial charge >= 0.3 is 5.69 Å². The van der Waals surface area contributed by atoms with Gasteiger partial charge in [0.1, 0.15) is 17.3 Å². The van der Waals surface area contributed by atoms with Crippen LogP contribution in [0.15, 0.2) is 64.9 Å². The number of aromatic nitrogens is 4. The second-order valence-electron chi connectivity index (χ2n) is 10.8. The van der Waals surface area contributed by atoms with Crippen LogP contribution in [0.5, 0.6) is 0 Å². The van der Waals surface area contributed by atoms with Crippen molar-refractivity contribution in [2.45, 2.75) is 37.6 Å². The Labute approximate surface area is 248 Å². The van der Waals surface area contributed by atoms with Gasteiger partial charge in [-0.15, -0.1) is 0 Å². The molecular weight excluding hydrogens is 573 g/mol. The van der Waals surface area contributed by atoms with Gasteiger partial charge in [-0.2, -0.15) is 4.98 Å². The molecule has 11 nitrogen and oxygen atoms in total. The number of nitrogen functional groups attached to an aromatic ring is 1. The second kappa shape index (κ2) is 11.2. The third kappa shape index (κ3) is 5.36. The molecule has 1 amide bonds. The number of pyridine rings is 2. The lowest BCUT2D eigenvalue weighted by Crippen LogP contribution is -2.54. The summed E-state index contributed by atoms with van der Waals surface area (Å²) in [6.07, 6.45) is 3.77. The molecular formula is C30H32FN7O4S. The molecule has 1 atom stereocenters. The maximum atomic E-state index is 15.9. The Morgan fingerprint density at radius 1 is 1.19 bits per heavy atom. The average molecular weight is 606 g/mol. The molecule has 224 valence electrons. The van der Waals surface area contributed by atoms with E-state index in [4.69, 9.17) is 5.73 Å². The first kappa shape index (κ1) is 29.8. The number of amides is 1. The minimum Gasteiger partial charge on any atom is -0.383 e. The van der Waals surface area contributed by atoms with Gasteiger partial charge in [0.2, 0.25) is 5.91 Å². The van der Waals surface area contributed by atoms with Gasteiger partial charge < -0.3 is 15.5 Å². The molecule has 1 aliphatic heterocycles. The maximum absolute atomic E-state index is 15.9. The smallest absolute Gasteiger partial charge is 0.355 e. The highest BCUT2D eigenvalue weighted by molar-refractivity contribution is 7.90. The normalized spacial score (nSPS) is 15.7. The van der Waals surface area contributed by atoms with Crippen LogP contribution in [-0.4, -0.2) is 70.7 Å². The Hall–Kier alpha value is -4.65. The van der Waals surface area contributed by atoms with Crippen LogP contribution < -0.4 is 16.3 Å². The van der Waals surface area contributed by atoms with E-state index in [0.29, 0.717) is 25.2 Å². The zero-order chi connectivity index (χ0) is 31.2. The standard InChI is InChI=1S/C30H32FN7O4S/c1-6-24(39)36-13-14-37(18(4)16-36)28-21-15-22(31)25(20-10-8-12-33-27(20)32)34-29(21)38(30(40)35-28)26-19(17(2)3)9-7-11-23(26)43(5,41)42/h6-12,15,17-18H,1,13-14,16H2,2-5H3,(H2,32,33)/t18-/m0/s1. The highest BCUT2D eigenvalue weighted by Crippen LogP contribution is 2.35. The molecule has 3 aromatic heterocycles. The monoisotopic (exact) mass is 605 g/mol. The van der Waals surface area contributed by atoms with E-state index >= 15 is 4.39 Å². The summed E-state index contributed by atoms with van der Waals surface area (Å²) in [7, 11) is -3.83. The summed E-state index contributed by atoms with van der Waals surface area (Å²) in [6, 6.07) is 8.86. The number of halogens is 1. The SMILES string of the molecule is C=CC(=O)N1CCN(c2nc(=O)n(-c3c(C(C)C)cccc3S(C)(=O)=O)c3nc(-c4cccnc4N)c(F)cc23)[C@@H](C)C1. The molecule has 1 fully saturated rings. The number of anilines is 2. The predicted octanol–water partition coefficient (Wildman–Crippen LogP) is 3.31. The first-order valence-corrected chi connectivity index (χ1v) is 15.6. The number of nitrogens with two attached hydrogens (primary N) is 1.